The van der Waals surface area contributed by atoms with Gasteiger partial charge in [0.25, 0.3) is 11.6 Å². The summed E-state index contributed by atoms with van der Waals surface area (Å²) in [5.74, 6) is -0.0983. The van der Waals surface area contributed by atoms with Gasteiger partial charge in [-0.3, -0.25) is 9.89 Å². The number of aromatic nitrogens is 4. The van der Waals surface area contributed by atoms with Crippen molar-refractivity contribution in [1.82, 2.24) is 25.2 Å². The number of aromatic amines is 1. The van der Waals surface area contributed by atoms with Crippen molar-refractivity contribution in [2.24, 2.45) is 0 Å². The highest BCUT2D eigenvalue weighted by Crippen LogP contribution is 2.41. The van der Waals surface area contributed by atoms with E-state index in [1.54, 1.807) is 18.7 Å². The fraction of sp³-hybridized carbons (Fsp3) is 0.545. The van der Waals surface area contributed by atoms with Crippen LogP contribution in [-0.2, 0) is 6.18 Å². The van der Waals surface area contributed by atoms with Crippen LogP contribution in [0.2, 0.25) is 0 Å². The van der Waals surface area contributed by atoms with E-state index in [0.717, 1.165) is 24.6 Å². The molecule has 0 aromatic carbocycles. The van der Waals surface area contributed by atoms with Crippen LogP contribution < -0.4 is 0 Å². The van der Waals surface area contributed by atoms with E-state index in [-0.39, 0.29) is 34.5 Å². The maximum absolute atomic E-state index is 13.8. The van der Waals surface area contributed by atoms with Gasteiger partial charge in [-0.1, -0.05) is 19.0 Å². The standard InChI is InChI=1S/C22H24F3N5O2/c1-11(2)15-9-14(22(23,24)25)18-19(29-32-20(18)26-15)13-5-7-30(8-6-13)21(31)17-10-16(27-28-17)12-3-4-12/h9-13H,3-8H2,1-2H3,(H,27,28). The number of amides is 1. The second-order valence-electron chi connectivity index (χ2n) is 9.04. The van der Waals surface area contributed by atoms with Gasteiger partial charge in [-0.2, -0.15) is 18.3 Å². The summed E-state index contributed by atoms with van der Waals surface area (Å²) in [7, 11) is 0. The van der Waals surface area contributed by atoms with Gasteiger partial charge in [-0.15, -0.1) is 0 Å². The second-order valence-corrected chi connectivity index (χ2v) is 9.04. The van der Waals surface area contributed by atoms with E-state index >= 15 is 0 Å². The summed E-state index contributed by atoms with van der Waals surface area (Å²) in [5.41, 5.74) is 1.13. The van der Waals surface area contributed by atoms with Gasteiger partial charge in [0.15, 0.2) is 0 Å². The zero-order chi connectivity index (χ0) is 22.6. The van der Waals surface area contributed by atoms with Crippen molar-refractivity contribution in [2.45, 2.75) is 63.5 Å². The molecule has 1 amide bonds. The first kappa shape index (κ1) is 21.0. The van der Waals surface area contributed by atoms with Crippen molar-refractivity contribution < 1.29 is 22.5 Å². The van der Waals surface area contributed by atoms with Crippen LogP contribution in [0.15, 0.2) is 16.7 Å². The first-order valence-corrected chi connectivity index (χ1v) is 10.9. The molecular formula is C22H24F3N5O2. The van der Waals surface area contributed by atoms with Crippen LogP contribution in [0.4, 0.5) is 13.2 Å². The van der Waals surface area contributed by atoms with Crippen molar-refractivity contribution in [3.8, 4) is 0 Å². The van der Waals surface area contributed by atoms with Crippen molar-refractivity contribution >= 4 is 17.0 Å². The number of H-pyrrole nitrogens is 1. The fourth-order valence-electron chi connectivity index (χ4n) is 4.36. The highest BCUT2D eigenvalue weighted by Gasteiger charge is 2.38. The number of fused-ring (bicyclic) bond motifs is 1. The number of alkyl halides is 3. The summed E-state index contributed by atoms with van der Waals surface area (Å²) in [6.07, 6.45) is -1.32. The Balaban J connectivity index is 1.37. The smallest absolute Gasteiger partial charge is 0.337 e. The Hall–Kier alpha value is -2.91. The molecule has 10 heteroatoms. The predicted octanol–water partition coefficient (Wildman–Crippen LogP) is 4.99. The monoisotopic (exact) mass is 447 g/mol. The van der Waals surface area contributed by atoms with E-state index in [4.69, 9.17) is 4.52 Å². The molecule has 5 rings (SSSR count). The zero-order valence-electron chi connectivity index (χ0n) is 17.9. The minimum absolute atomic E-state index is 0.0620. The van der Waals surface area contributed by atoms with Gasteiger partial charge in [0.1, 0.15) is 5.69 Å². The molecule has 1 aliphatic carbocycles. The number of carbonyl (C=O) groups is 1. The summed E-state index contributed by atoms with van der Waals surface area (Å²) in [6, 6.07) is 2.91. The van der Waals surface area contributed by atoms with Crippen LogP contribution in [-0.4, -0.2) is 44.2 Å². The lowest BCUT2D eigenvalue weighted by molar-refractivity contribution is -0.136. The largest absolute Gasteiger partial charge is 0.417 e. The van der Waals surface area contributed by atoms with E-state index in [2.05, 4.69) is 20.3 Å². The maximum Gasteiger partial charge on any atom is 0.417 e. The number of rotatable bonds is 4. The van der Waals surface area contributed by atoms with Crippen molar-refractivity contribution in [2.75, 3.05) is 13.1 Å². The van der Waals surface area contributed by atoms with Crippen molar-refractivity contribution in [3.05, 3.63) is 40.5 Å². The first-order valence-electron chi connectivity index (χ1n) is 10.9. The Morgan fingerprint density at radius 2 is 1.88 bits per heavy atom. The van der Waals surface area contributed by atoms with E-state index in [0.29, 0.717) is 43.2 Å². The van der Waals surface area contributed by atoms with Gasteiger partial charge >= 0.3 is 6.18 Å². The minimum atomic E-state index is -4.54. The molecule has 3 aromatic heterocycles. The Labute approximate surface area is 182 Å². The van der Waals surface area contributed by atoms with Gasteiger partial charge in [0.2, 0.25) is 0 Å². The lowest BCUT2D eigenvalue weighted by Gasteiger charge is -2.30. The number of likely N-dealkylation sites (tertiary alicyclic amines) is 1. The summed E-state index contributed by atoms with van der Waals surface area (Å²) in [6.45, 7) is 4.40. The predicted molar refractivity (Wildman–Crippen MR) is 109 cm³/mol. The molecule has 0 unspecified atom stereocenters. The lowest BCUT2D eigenvalue weighted by Crippen LogP contribution is -2.38. The molecule has 0 radical (unpaired) electrons. The molecular weight excluding hydrogens is 423 g/mol. The van der Waals surface area contributed by atoms with Gasteiger partial charge in [-0.05, 0) is 43.7 Å². The molecule has 2 aliphatic rings. The van der Waals surface area contributed by atoms with Gasteiger partial charge < -0.3 is 9.42 Å². The third-order valence-corrected chi connectivity index (χ3v) is 6.39. The van der Waals surface area contributed by atoms with Crippen LogP contribution >= 0.6 is 0 Å². The quantitative estimate of drug-likeness (QED) is 0.609. The fourth-order valence-corrected chi connectivity index (χ4v) is 4.36. The number of nitrogens with one attached hydrogen (secondary N) is 1. The van der Waals surface area contributed by atoms with Gasteiger partial charge in [0, 0.05) is 36.3 Å². The van der Waals surface area contributed by atoms with E-state index in [1.165, 1.54) is 0 Å². The molecule has 1 aliphatic heterocycles. The minimum Gasteiger partial charge on any atom is -0.337 e. The molecule has 32 heavy (non-hydrogen) atoms. The topological polar surface area (TPSA) is 87.9 Å². The molecule has 1 saturated carbocycles. The number of piperidine rings is 1. The van der Waals surface area contributed by atoms with E-state index in [1.807, 2.05) is 6.07 Å². The molecule has 3 aromatic rings. The van der Waals surface area contributed by atoms with Crippen LogP contribution in [0.5, 0.6) is 0 Å². The van der Waals surface area contributed by atoms with Crippen LogP contribution in [0, 0.1) is 0 Å². The van der Waals surface area contributed by atoms with Gasteiger partial charge in [-0.25, -0.2) is 4.98 Å². The van der Waals surface area contributed by atoms with Gasteiger partial charge in [0.05, 0.1) is 16.6 Å². The molecule has 0 bridgehead atoms. The summed E-state index contributed by atoms with van der Waals surface area (Å²) in [4.78, 5) is 18.8. The Morgan fingerprint density at radius 3 is 2.50 bits per heavy atom. The van der Waals surface area contributed by atoms with E-state index < -0.39 is 11.7 Å². The highest BCUT2D eigenvalue weighted by molar-refractivity contribution is 5.92. The SMILES string of the molecule is CC(C)c1cc(C(F)(F)F)c2c(C3CCN(C(=O)c4cc(C5CC5)[nH]n4)CC3)noc2n1. The van der Waals surface area contributed by atoms with Crippen molar-refractivity contribution in [3.63, 3.8) is 0 Å². The normalized spacial score (nSPS) is 18.1. The third kappa shape index (κ3) is 3.75. The molecule has 7 nitrogen and oxygen atoms in total. The molecule has 170 valence electrons. The summed E-state index contributed by atoms with van der Waals surface area (Å²) < 4.78 is 46.8. The molecule has 2 fully saturated rings. The lowest BCUT2D eigenvalue weighted by atomic mass is 9.90. The summed E-state index contributed by atoms with van der Waals surface area (Å²) in [5, 5.41) is 11.0. The molecule has 4 heterocycles. The summed E-state index contributed by atoms with van der Waals surface area (Å²) >= 11 is 0. The average Bonchev–Trinajstić information content (AvgIpc) is 3.33. The first-order chi connectivity index (χ1) is 15.2. The van der Waals surface area contributed by atoms with Crippen LogP contribution in [0.3, 0.4) is 0 Å². The molecule has 0 spiro atoms. The van der Waals surface area contributed by atoms with E-state index in [9.17, 15) is 18.0 Å². The van der Waals surface area contributed by atoms with Crippen LogP contribution in [0.1, 0.15) is 90.4 Å². The van der Waals surface area contributed by atoms with Crippen LogP contribution in [0.25, 0.3) is 11.1 Å². The number of hydrogen-bond acceptors (Lipinski definition) is 5. The Morgan fingerprint density at radius 1 is 1.16 bits per heavy atom. The number of carbonyl (C=O) groups excluding carboxylic acids is 1. The van der Waals surface area contributed by atoms with Crippen molar-refractivity contribution in [1.29, 1.82) is 0 Å². The Bertz CT molecular complexity index is 1150. The zero-order valence-corrected chi connectivity index (χ0v) is 17.9. The number of hydrogen-bond donors (Lipinski definition) is 1. The molecule has 1 saturated heterocycles. The highest BCUT2D eigenvalue weighted by atomic mass is 19.4. The average molecular weight is 447 g/mol. The number of nitrogens with zero attached hydrogens (tertiary/aromatic N) is 4. The number of pyridine rings is 1. The maximum atomic E-state index is 13.8. The second kappa shape index (κ2) is 7.60. The Kier molecular flexibility index (Phi) is 4.98. The number of halogens is 3. The third-order valence-electron chi connectivity index (χ3n) is 6.39. The molecule has 1 N–H and O–H groups in total. The molecule has 0 atom stereocenters.